The molecule has 10 rings (SSSR count). The zero-order valence-electron chi connectivity index (χ0n) is 82.7. The first kappa shape index (κ1) is 152. The van der Waals surface area contributed by atoms with Gasteiger partial charge in [0.1, 0.15) is 68.8 Å². The van der Waals surface area contributed by atoms with Gasteiger partial charge in [-0.1, -0.05) is 144 Å². The van der Waals surface area contributed by atoms with Crippen LogP contribution in [0.15, 0.2) is 122 Å². The van der Waals surface area contributed by atoms with Crippen molar-refractivity contribution in [2.24, 2.45) is 45.5 Å². The third-order valence-electron chi connectivity index (χ3n) is 17.0. The molecule has 4 aromatic carbocycles. The topological polar surface area (TPSA) is 491 Å². The largest absolute Gasteiger partial charge is 1.00 e. The number of ketones is 3. The molecule has 1 aliphatic carbocycles. The van der Waals surface area contributed by atoms with Crippen molar-refractivity contribution in [3.8, 4) is 65.4 Å². The number of hydrogen-bond donors (Lipinski definition) is 5. The Hall–Kier alpha value is -6.20. The van der Waals surface area contributed by atoms with Crippen LogP contribution in [0, 0.1) is 139 Å². The number of anilines is 2. The molecular formula is C96H143BrCl5KN16Na2O12. The molecule has 133 heavy (non-hydrogen) atoms. The van der Waals surface area contributed by atoms with Gasteiger partial charge in [-0.2, -0.15) is 47.0 Å². The summed E-state index contributed by atoms with van der Waals surface area (Å²) in [5.74, 6) is 2.75. The zero-order chi connectivity index (χ0) is 98.6. The number of unbranched alkanes of at least 4 members (excludes halogenated alkanes) is 1. The van der Waals surface area contributed by atoms with Crippen molar-refractivity contribution in [1.82, 2.24) is 19.6 Å². The van der Waals surface area contributed by atoms with Gasteiger partial charge in [0.25, 0.3) is 0 Å². The maximum absolute atomic E-state index is 12.5. The van der Waals surface area contributed by atoms with E-state index in [2.05, 4.69) is 86.4 Å². The second-order valence-electron chi connectivity index (χ2n) is 32.7. The third kappa shape index (κ3) is 66.9. The number of hydrogen-bond acceptors (Lipinski definition) is 25. The van der Waals surface area contributed by atoms with Crippen molar-refractivity contribution in [3.63, 3.8) is 0 Å². The number of amides is 1. The molecule has 5 heterocycles. The van der Waals surface area contributed by atoms with Crippen molar-refractivity contribution < 1.29 is 170 Å². The van der Waals surface area contributed by atoms with Crippen LogP contribution in [0.1, 0.15) is 240 Å². The van der Waals surface area contributed by atoms with Crippen LogP contribution in [-0.2, 0) is 53.0 Å². The molecule has 1 amide bonds. The Kier molecular flexibility index (Phi) is 92.4. The maximum Gasteiger partial charge on any atom is 1.00 e. The summed E-state index contributed by atoms with van der Waals surface area (Å²) in [6.07, 6.45) is 7.34. The molecule has 1 saturated carbocycles. The number of carbonyl (C=O) groups is 5. The summed E-state index contributed by atoms with van der Waals surface area (Å²) in [4.78, 5) is 55.2. The number of nitriles is 7. The fourth-order valence-electron chi connectivity index (χ4n) is 9.57. The third-order valence-corrected chi connectivity index (χ3v) is 18.1. The van der Waals surface area contributed by atoms with Crippen LogP contribution in [0.3, 0.4) is 0 Å². The summed E-state index contributed by atoms with van der Waals surface area (Å²) in [6, 6.07) is 47.8. The summed E-state index contributed by atoms with van der Waals surface area (Å²) in [5.41, 5.74) is 18.1. The molecule has 1 saturated heterocycles. The van der Waals surface area contributed by atoms with E-state index < -0.39 is 39.8 Å². The first-order chi connectivity index (χ1) is 58.7. The number of carbonyl (C=O) groups excluding carboxylic acids is 5. The molecule has 6 aromatic rings. The zero-order valence-corrected chi connectivity index (χ0v) is 94.3. The maximum atomic E-state index is 12.5. The van der Waals surface area contributed by atoms with E-state index in [1.165, 1.54) is 46.5 Å². The second kappa shape index (κ2) is 80.7. The van der Waals surface area contributed by atoms with Gasteiger partial charge in [0.2, 0.25) is 0 Å². The number of aryl methyl sites for hydroxylation is 2. The average Bonchev–Trinajstić information content (AvgIpc) is 1.60. The quantitative estimate of drug-likeness (QED) is 0.0169. The van der Waals surface area contributed by atoms with E-state index in [1.807, 2.05) is 169 Å². The number of para-hydroxylation sites is 2. The SMILES string of the molecule is C.C.C=CC#N.CC(=O)C(C)(C)O.CC(C)(C#N)CCCC#N.CC(C)(C#N)CCCCl.CC(C)(C)[O-].CC(C)C#N.CC1(C)CCC(C#N)C1=O.CC1(C)OCC(C#N)C1=O.CN.CN.Cc1ccc(-n2nc3c(c2N)COC3(C)C)cc1.Cc1ccc(-n2nc3c(c2NC(=O)Oc2ccccc2)COC3(C)C)cc1.Cl.Cl.ClCCCBr.O=C(Cl)Oc1ccccc1.[C-]#N.[H-].[K+].[Na+].[Na+]. The number of nitrogens with one attached hydrogen (secondary N) is 1. The molecule has 3 aliphatic heterocycles. The number of nitrogens with two attached hydrogens (primary N) is 3. The number of nitrogen functional groups attached to an aromatic ring is 1. The molecule has 0 bridgehead atoms. The van der Waals surface area contributed by atoms with Gasteiger partial charge in [-0.3, -0.25) is 19.7 Å². The first-order valence-electron chi connectivity index (χ1n) is 40.2. The van der Waals surface area contributed by atoms with Gasteiger partial charge >= 0.3 is 122 Å². The summed E-state index contributed by atoms with van der Waals surface area (Å²) < 4.78 is 30.1. The van der Waals surface area contributed by atoms with Crippen LogP contribution in [0.25, 0.3) is 11.4 Å². The van der Waals surface area contributed by atoms with E-state index in [4.69, 9.17) is 118 Å². The molecule has 2 fully saturated rings. The van der Waals surface area contributed by atoms with E-state index in [1.54, 1.807) is 86.4 Å². The molecule has 0 radical (unpaired) electrons. The van der Waals surface area contributed by atoms with Crippen molar-refractivity contribution in [2.45, 2.75) is 260 Å². The van der Waals surface area contributed by atoms with Crippen LogP contribution in [0.2, 0.25) is 0 Å². The number of nitrogens with zero attached hydrogens (tertiary/aromatic N) is 12. The summed E-state index contributed by atoms with van der Waals surface area (Å²) in [6.45, 7) is 48.9. The normalized spacial score (nSPS) is 13.8. The van der Waals surface area contributed by atoms with Gasteiger partial charge in [0.15, 0.2) is 17.3 Å². The Morgan fingerprint density at radius 2 is 1.02 bits per heavy atom. The molecule has 0 spiro atoms. The number of allylic oxidation sites excluding steroid dienone is 1. The minimum Gasteiger partial charge on any atom is -1.00 e. The number of fused-ring (bicyclic) bond motifs is 2. The summed E-state index contributed by atoms with van der Waals surface area (Å²) >= 11 is 18.9. The average molecular weight is 2060 g/mol. The molecule has 8 N–H and O–H groups in total. The Morgan fingerprint density at radius 1 is 0.662 bits per heavy atom. The van der Waals surface area contributed by atoms with Crippen molar-refractivity contribution in [1.29, 1.82) is 42.1 Å². The number of Topliss-reactive ketones (excluding diaryl/α,β-unsaturated/α-hetero) is 3. The predicted molar refractivity (Wildman–Crippen MR) is 527 cm³/mol. The first-order valence-corrected chi connectivity index (χ1v) is 42.7. The predicted octanol–water partition coefficient (Wildman–Crippen LogP) is 13.2. The molecule has 2 aromatic heterocycles. The van der Waals surface area contributed by atoms with Crippen molar-refractivity contribution >= 4 is 116 Å². The minimum absolute atomic E-state index is 0. The van der Waals surface area contributed by atoms with E-state index >= 15 is 0 Å². The molecule has 2 atom stereocenters. The molecule has 724 valence electrons. The fraction of sp³-hybridized carbons (Fsp3) is 0.531. The molecule has 28 nitrogen and oxygen atoms in total. The number of benzene rings is 4. The summed E-state index contributed by atoms with van der Waals surface area (Å²) in [7, 11) is 3.00. The van der Waals surface area contributed by atoms with E-state index in [9.17, 15) is 29.1 Å². The second-order valence-corrected chi connectivity index (χ2v) is 34.5. The van der Waals surface area contributed by atoms with Crippen LogP contribution >= 0.6 is 75.5 Å². The van der Waals surface area contributed by atoms with Gasteiger partial charge in [-0.25, -0.2) is 19.0 Å². The van der Waals surface area contributed by atoms with Crippen molar-refractivity contribution in [2.75, 3.05) is 48.8 Å². The van der Waals surface area contributed by atoms with Gasteiger partial charge < -0.3 is 64.4 Å². The van der Waals surface area contributed by atoms with E-state index in [0.717, 1.165) is 95.6 Å². The Bertz CT molecular complexity index is 4510. The fourth-order valence-corrected chi connectivity index (χ4v) is 10.5. The van der Waals surface area contributed by atoms with E-state index in [0.29, 0.717) is 48.6 Å². The Balaban J connectivity index is -0.000000112. The monoisotopic (exact) mass is 2050 g/mol. The molecule has 2 unspecified atom stereocenters. The number of halogens is 6. The van der Waals surface area contributed by atoms with Gasteiger partial charge in [0, 0.05) is 63.6 Å². The number of ether oxygens (including phenoxy) is 5. The van der Waals surface area contributed by atoms with Crippen LogP contribution < -0.4 is 148 Å². The molecule has 4 aliphatic rings. The van der Waals surface area contributed by atoms with Gasteiger partial charge in [0.05, 0.1) is 84.5 Å². The number of alkyl halides is 3. The van der Waals surface area contributed by atoms with Crippen LogP contribution in [0.4, 0.5) is 21.2 Å². The Labute approximate surface area is 918 Å². The standard InChI is InChI=1S/C21H21N3O3.C14H17N3O.C8H12N2.C8H11NO.C7H12ClN.C7H5ClO2.C7H9NO2.C5H10O2.C4H7N.C4H9O.C3H6BrCl.C3H3N.2CH5N.CN.2CH4.2ClH.K.2Na.H/c1-14-9-11-15(12-10-14)24-19(17-13-26-21(2,3)18(17)23-24)22-20(25)27-16-7-5-4-6-8-16;1-9-4-6-10(7-5-9)17-13(15)11-8-18-14(2,3)12(11)16-17;1-8(2,7-10)5-3-4-6-9;1-8(2)4-3-6(5-9)7(8)10;1-7(2,6-9)4-3-5-8;8-7(9)10-6-4-2-1-3-5-6;1-7(2)6(9)5(3-8)4-10-7;1-4(6)5(2,3)7;1-4(2)3-5;1-4(2,3)5;4-2-1-3-5;1-2-3-4;3*1-2;;;;;;;;/h4-12H,13H2,1-3H3,(H,22,25);4-7H,8,15H2,1-3H3;3-5H2,1-2H3;6H,3-4H2,1-2H3;3-5H2,1-2H3;1-5H;5H,4H2,1-2H3;7H,1-3H3;4H,1-2H3;1-3H3;1-3H2;2H,1H2;2*2H2,1H3;;2*1H4;2*1H;;;;/q;;;;;;;;;-1;;;;;-1;;;;;3*+1;-1. The smallest absolute Gasteiger partial charge is 1.00 e. The minimum atomic E-state index is -1.14. The number of rotatable bonds is 14. The van der Waals surface area contributed by atoms with Crippen molar-refractivity contribution in [3.05, 3.63) is 162 Å². The number of aromatic nitrogens is 4. The van der Waals surface area contributed by atoms with Crippen LogP contribution in [-0.4, -0.2) is 108 Å². The van der Waals surface area contributed by atoms with Gasteiger partial charge in [-0.15, -0.1) is 53.6 Å². The Morgan fingerprint density at radius 3 is 1.30 bits per heavy atom. The van der Waals surface area contributed by atoms with Crippen LogP contribution in [0.5, 0.6) is 11.5 Å². The number of aliphatic hydroxyl groups is 1. The van der Waals surface area contributed by atoms with E-state index in [-0.39, 0.29) is 209 Å². The summed E-state index contributed by atoms with van der Waals surface area (Å²) in [5, 5.41) is 95.9. The molecule has 37 heteroatoms. The molecular weight excluding hydrogens is 1910 g/mol. The van der Waals surface area contributed by atoms with Gasteiger partial charge in [-0.05, 0) is 225 Å².